The lowest BCUT2D eigenvalue weighted by Crippen LogP contribution is -2.21. The highest BCUT2D eigenvalue weighted by atomic mass is 32.2. The van der Waals surface area contributed by atoms with Crippen LogP contribution in [0.15, 0.2) is 77.7 Å². The van der Waals surface area contributed by atoms with Crippen molar-refractivity contribution < 1.29 is 13.2 Å². The molecule has 1 aliphatic heterocycles. The van der Waals surface area contributed by atoms with E-state index in [1.807, 2.05) is 38.1 Å². The van der Waals surface area contributed by atoms with Gasteiger partial charge in [0.2, 0.25) is 11.8 Å². The first-order valence-corrected chi connectivity index (χ1v) is 12.8. The maximum atomic E-state index is 13.1. The van der Waals surface area contributed by atoms with Gasteiger partial charge in [0.15, 0.2) is 0 Å². The lowest BCUT2D eigenvalue weighted by molar-refractivity contribution is 0.210. The zero-order valence-electron chi connectivity index (χ0n) is 19.7. The molecule has 8 nitrogen and oxygen atoms in total. The Balaban J connectivity index is 1.69. The van der Waals surface area contributed by atoms with Crippen molar-refractivity contribution in [2.24, 2.45) is 0 Å². The summed E-state index contributed by atoms with van der Waals surface area (Å²) < 4.78 is 35.1. The molecule has 36 heavy (non-hydrogen) atoms. The standard InChI is InChI=1S/C27H23N5O3S/c1-17-6-3-7-18(2)26(17)23-14-25-31-27(30-23)32-36(33,34)22-11-5-10-21(13-22)29-16-24(35-25)20-9-4-8-19(12-20)15-28/h3-14,24,29H,16H2,1-2H3,(H,30,31,32). The zero-order valence-corrected chi connectivity index (χ0v) is 20.5. The molecule has 1 aromatic heterocycles. The number of benzene rings is 3. The summed E-state index contributed by atoms with van der Waals surface area (Å²) in [7, 11) is -3.95. The fraction of sp³-hybridized carbons (Fsp3) is 0.148. The van der Waals surface area contributed by atoms with Crippen LogP contribution in [-0.4, -0.2) is 24.9 Å². The second-order valence-corrected chi connectivity index (χ2v) is 10.2. The van der Waals surface area contributed by atoms with Gasteiger partial charge >= 0.3 is 0 Å². The third-order valence-corrected chi connectivity index (χ3v) is 7.28. The van der Waals surface area contributed by atoms with Crippen LogP contribution >= 0.6 is 0 Å². The van der Waals surface area contributed by atoms with Gasteiger partial charge in [0.05, 0.1) is 28.8 Å². The number of aryl methyl sites for hydroxylation is 2. The number of anilines is 2. The molecule has 2 N–H and O–H groups in total. The molecule has 0 spiro atoms. The van der Waals surface area contributed by atoms with Crippen molar-refractivity contribution in [1.82, 2.24) is 9.97 Å². The second kappa shape index (κ2) is 9.32. The number of hydrogen-bond acceptors (Lipinski definition) is 7. The van der Waals surface area contributed by atoms with Crippen molar-refractivity contribution in [2.45, 2.75) is 24.8 Å². The molecule has 0 amide bonds. The van der Waals surface area contributed by atoms with Gasteiger partial charge in [-0.3, -0.25) is 0 Å². The number of nitrogens with one attached hydrogen (secondary N) is 2. The molecule has 3 aromatic carbocycles. The maximum Gasteiger partial charge on any atom is 0.264 e. The SMILES string of the molecule is Cc1cccc(C)c1-c1cc2nc(n1)NS(=O)(=O)c1cccc(c1)NCC(c1cccc(C#N)c1)O2. The molecule has 1 aliphatic rings. The Bertz CT molecular complexity index is 1590. The van der Waals surface area contributed by atoms with E-state index < -0.39 is 16.1 Å². The van der Waals surface area contributed by atoms with Gasteiger partial charge in [-0.1, -0.05) is 36.4 Å². The number of nitriles is 1. The first-order chi connectivity index (χ1) is 17.3. The third-order valence-electron chi connectivity index (χ3n) is 5.95. The lowest BCUT2D eigenvalue weighted by Gasteiger charge is -2.22. The topological polar surface area (TPSA) is 117 Å². The van der Waals surface area contributed by atoms with Crippen LogP contribution in [0.3, 0.4) is 0 Å². The van der Waals surface area contributed by atoms with Crippen molar-refractivity contribution in [3.63, 3.8) is 0 Å². The first kappa shape index (κ1) is 23.3. The lowest BCUT2D eigenvalue weighted by atomic mass is 10.00. The van der Waals surface area contributed by atoms with Gasteiger partial charge in [0.25, 0.3) is 10.0 Å². The third kappa shape index (κ3) is 4.72. The average Bonchev–Trinajstić information content (AvgIpc) is 2.86. The van der Waals surface area contributed by atoms with Crippen molar-refractivity contribution in [3.8, 4) is 23.2 Å². The van der Waals surface area contributed by atoms with Gasteiger partial charge in [-0.15, -0.1) is 0 Å². The molecule has 0 saturated heterocycles. The Hall–Kier alpha value is -4.42. The summed E-state index contributed by atoms with van der Waals surface area (Å²) >= 11 is 0. The van der Waals surface area contributed by atoms with E-state index in [9.17, 15) is 13.7 Å². The summed E-state index contributed by atoms with van der Waals surface area (Å²) in [6.07, 6.45) is -0.522. The van der Waals surface area contributed by atoms with Gasteiger partial charge in [-0.2, -0.15) is 10.2 Å². The minimum atomic E-state index is -3.95. The van der Waals surface area contributed by atoms with E-state index in [2.05, 4.69) is 26.1 Å². The van der Waals surface area contributed by atoms with Gasteiger partial charge in [-0.25, -0.2) is 18.1 Å². The molecule has 1 unspecified atom stereocenters. The summed E-state index contributed by atoms with van der Waals surface area (Å²) in [4.78, 5) is 9.02. The summed E-state index contributed by atoms with van der Waals surface area (Å²) in [5.41, 5.74) is 5.30. The number of hydrogen-bond donors (Lipinski definition) is 2. The number of ether oxygens (including phenoxy) is 1. The summed E-state index contributed by atoms with van der Waals surface area (Å²) in [5.74, 6) is 0.118. The highest BCUT2D eigenvalue weighted by molar-refractivity contribution is 7.92. The Morgan fingerprint density at radius 1 is 0.972 bits per heavy atom. The predicted octanol–water partition coefficient (Wildman–Crippen LogP) is 4.98. The van der Waals surface area contributed by atoms with Crippen LogP contribution in [0.4, 0.5) is 11.6 Å². The van der Waals surface area contributed by atoms with Gasteiger partial charge in [0.1, 0.15) is 6.10 Å². The number of fused-ring (bicyclic) bond motifs is 4. The molecule has 9 heteroatoms. The number of rotatable bonds is 2. The molecule has 0 radical (unpaired) electrons. The highest BCUT2D eigenvalue weighted by Crippen LogP contribution is 2.32. The van der Waals surface area contributed by atoms with Gasteiger partial charge in [-0.05, 0) is 60.9 Å². The largest absolute Gasteiger partial charge is 0.467 e. The smallest absolute Gasteiger partial charge is 0.264 e. The van der Waals surface area contributed by atoms with Crippen LogP contribution in [0.2, 0.25) is 0 Å². The Morgan fingerprint density at radius 3 is 2.50 bits per heavy atom. The monoisotopic (exact) mass is 497 g/mol. The molecular formula is C27H23N5O3S. The minimum absolute atomic E-state index is 0.0830. The van der Waals surface area contributed by atoms with Crippen molar-refractivity contribution in [3.05, 3.63) is 95.1 Å². The fourth-order valence-corrected chi connectivity index (χ4v) is 5.21. The Morgan fingerprint density at radius 2 is 1.72 bits per heavy atom. The van der Waals surface area contributed by atoms with E-state index in [-0.39, 0.29) is 16.7 Å². The number of aromatic nitrogens is 2. The van der Waals surface area contributed by atoms with Crippen LogP contribution in [0.5, 0.6) is 5.88 Å². The molecular weight excluding hydrogens is 474 g/mol. The van der Waals surface area contributed by atoms with Crippen LogP contribution < -0.4 is 14.8 Å². The normalized spacial score (nSPS) is 16.2. The van der Waals surface area contributed by atoms with Crippen LogP contribution in [0, 0.1) is 25.2 Å². The maximum absolute atomic E-state index is 13.1. The van der Waals surface area contributed by atoms with E-state index in [4.69, 9.17) is 4.74 Å². The molecule has 4 bridgehead atoms. The van der Waals surface area contributed by atoms with Crippen molar-refractivity contribution in [1.29, 1.82) is 5.26 Å². The Labute approximate surface area is 209 Å². The fourth-order valence-electron chi connectivity index (χ4n) is 4.22. The van der Waals surface area contributed by atoms with Crippen molar-refractivity contribution >= 4 is 21.7 Å². The number of sulfonamides is 1. The molecule has 5 rings (SSSR count). The molecule has 2 heterocycles. The molecule has 180 valence electrons. The number of nitrogens with zero attached hydrogens (tertiary/aromatic N) is 3. The summed E-state index contributed by atoms with van der Waals surface area (Å²) in [6.45, 7) is 4.25. The van der Waals surface area contributed by atoms with E-state index in [0.717, 1.165) is 22.3 Å². The van der Waals surface area contributed by atoms with Crippen LogP contribution in [0.25, 0.3) is 11.3 Å². The molecule has 4 aromatic rings. The zero-order chi connectivity index (χ0) is 25.3. The second-order valence-electron chi connectivity index (χ2n) is 8.54. The van der Waals surface area contributed by atoms with Crippen LogP contribution in [0.1, 0.15) is 28.4 Å². The van der Waals surface area contributed by atoms with E-state index in [1.165, 1.54) is 6.07 Å². The van der Waals surface area contributed by atoms with Gasteiger partial charge in [0, 0.05) is 17.3 Å². The molecule has 0 saturated carbocycles. The van der Waals surface area contributed by atoms with Crippen LogP contribution in [-0.2, 0) is 10.0 Å². The van der Waals surface area contributed by atoms with Gasteiger partial charge < -0.3 is 10.1 Å². The predicted molar refractivity (Wildman–Crippen MR) is 137 cm³/mol. The highest BCUT2D eigenvalue weighted by Gasteiger charge is 2.22. The van der Waals surface area contributed by atoms with E-state index in [1.54, 1.807) is 42.5 Å². The summed E-state index contributed by atoms with van der Waals surface area (Å²) in [5, 5.41) is 12.6. The summed E-state index contributed by atoms with van der Waals surface area (Å²) in [6, 6.07) is 23.4. The van der Waals surface area contributed by atoms with Crippen molar-refractivity contribution in [2.75, 3.05) is 16.6 Å². The molecule has 1 atom stereocenters. The van der Waals surface area contributed by atoms with E-state index in [0.29, 0.717) is 23.5 Å². The molecule has 0 fully saturated rings. The first-order valence-electron chi connectivity index (χ1n) is 11.3. The minimum Gasteiger partial charge on any atom is -0.467 e. The average molecular weight is 498 g/mol. The van der Waals surface area contributed by atoms with E-state index >= 15 is 0 Å². The Kier molecular flexibility index (Phi) is 6.04. The molecule has 0 aliphatic carbocycles. The quantitative estimate of drug-likeness (QED) is 0.401.